The van der Waals surface area contributed by atoms with E-state index in [1.165, 1.54) is 0 Å². The molecule has 3 aromatic rings. The SMILES string of the molecule is CCCCN(Cc1ccc2ccccc2n1)C(=O)c1ccccn1. The average molecular weight is 319 g/mol. The van der Waals surface area contributed by atoms with Gasteiger partial charge in [0, 0.05) is 18.1 Å². The molecule has 0 radical (unpaired) electrons. The molecule has 0 saturated carbocycles. The van der Waals surface area contributed by atoms with E-state index in [-0.39, 0.29) is 5.91 Å². The number of amides is 1. The first-order chi connectivity index (χ1) is 11.8. The van der Waals surface area contributed by atoms with E-state index in [0.29, 0.717) is 18.8 Å². The van der Waals surface area contributed by atoms with Gasteiger partial charge in [-0.3, -0.25) is 14.8 Å². The van der Waals surface area contributed by atoms with E-state index in [1.807, 2.05) is 47.4 Å². The molecule has 0 aliphatic heterocycles. The molecule has 1 aromatic carbocycles. The van der Waals surface area contributed by atoms with Gasteiger partial charge in [0.25, 0.3) is 5.91 Å². The number of nitrogens with zero attached hydrogens (tertiary/aromatic N) is 3. The molecule has 4 heteroatoms. The van der Waals surface area contributed by atoms with Crippen molar-refractivity contribution in [1.82, 2.24) is 14.9 Å². The van der Waals surface area contributed by atoms with Crippen LogP contribution in [-0.2, 0) is 6.54 Å². The zero-order valence-electron chi connectivity index (χ0n) is 13.9. The molecule has 0 bridgehead atoms. The van der Waals surface area contributed by atoms with Crippen LogP contribution < -0.4 is 0 Å². The summed E-state index contributed by atoms with van der Waals surface area (Å²) in [6, 6.07) is 17.5. The molecule has 2 aromatic heterocycles. The number of aromatic nitrogens is 2. The molecule has 122 valence electrons. The van der Waals surface area contributed by atoms with Crippen molar-refractivity contribution in [2.45, 2.75) is 26.3 Å². The van der Waals surface area contributed by atoms with E-state index in [9.17, 15) is 4.79 Å². The van der Waals surface area contributed by atoms with Gasteiger partial charge in [-0.25, -0.2) is 0 Å². The van der Waals surface area contributed by atoms with Crippen LogP contribution in [0.3, 0.4) is 0 Å². The molecule has 2 heterocycles. The molecular formula is C20H21N3O. The highest BCUT2D eigenvalue weighted by molar-refractivity contribution is 5.92. The van der Waals surface area contributed by atoms with Gasteiger partial charge >= 0.3 is 0 Å². The van der Waals surface area contributed by atoms with Crippen LogP contribution >= 0.6 is 0 Å². The van der Waals surface area contributed by atoms with Gasteiger partial charge in [0.2, 0.25) is 0 Å². The highest BCUT2D eigenvalue weighted by Gasteiger charge is 2.17. The molecule has 3 rings (SSSR count). The van der Waals surface area contributed by atoms with E-state index < -0.39 is 0 Å². The molecule has 0 spiro atoms. The van der Waals surface area contributed by atoms with Gasteiger partial charge in [-0.1, -0.05) is 43.7 Å². The number of carbonyl (C=O) groups excluding carboxylic acids is 1. The quantitative estimate of drug-likeness (QED) is 0.688. The van der Waals surface area contributed by atoms with Crippen LogP contribution in [0.25, 0.3) is 10.9 Å². The van der Waals surface area contributed by atoms with E-state index in [1.54, 1.807) is 12.3 Å². The summed E-state index contributed by atoms with van der Waals surface area (Å²) < 4.78 is 0. The summed E-state index contributed by atoms with van der Waals surface area (Å²) in [7, 11) is 0. The maximum Gasteiger partial charge on any atom is 0.272 e. The van der Waals surface area contributed by atoms with Crippen molar-refractivity contribution in [2.75, 3.05) is 6.54 Å². The molecule has 24 heavy (non-hydrogen) atoms. The van der Waals surface area contributed by atoms with Crippen molar-refractivity contribution in [3.63, 3.8) is 0 Å². The molecule has 0 atom stereocenters. The number of benzene rings is 1. The van der Waals surface area contributed by atoms with Crippen molar-refractivity contribution in [1.29, 1.82) is 0 Å². The van der Waals surface area contributed by atoms with Gasteiger partial charge in [0.15, 0.2) is 0 Å². The smallest absolute Gasteiger partial charge is 0.272 e. The summed E-state index contributed by atoms with van der Waals surface area (Å²) in [5, 5.41) is 1.11. The molecule has 0 N–H and O–H groups in total. The lowest BCUT2D eigenvalue weighted by molar-refractivity contribution is 0.0733. The van der Waals surface area contributed by atoms with Crippen molar-refractivity contribution in [3.8, 4) is 0 Å². The van der Waals surface area contributed by atoms with Crippen LogP contribution in [0.4, 0.5) is 0 Å². The highest BCUT2D eigenvalue weighted by Crippen LogP contribution is 2.14. The first-order valence-electron chi connectivity index (χ1n) is 8.33. The van der Waals surface area contributed by atoms with Crippen LogP contribution in [0.1, 0.15) is 35.9 Å². The Kier molecular flexibility index (Phi) is 5.16. The third kappa shape index (κ3) is 3.77. The fourth-order valence-corrected chi connectivity index (χ4v) is 2.64. The summed E-state index contributed by atoms with van der Waals surface area (Å²) in [6.45, 7) is 3.33. The number of para-hydroxylation sites is 1. The van der Waals surface area contributed by atoms with Crippen molar-refractivity contribution < 1.29 is 4.79 Å². The molecular weight excluding hydrogens is 298 g/mol. The summed E-state index contributed by atoms with van der Waals surface area (Å²) in [6.07, 6.45) is 3.66. The Morgan fingerprint density at radius 1 is 1.04 bits per heavy atom. The number of rotatable bonds is 6. The molecule has 1 amide bonds. The Morgan fingerprint density at radius 3 is 2.67 bits per heavy atom. The zero-order chi connectivity index (χ0) is 16.8. The first kappa shape index (κ1) is 16.1. The minimum absolute atomic E-state index is 0.0426. The normalized spacial score (nSPS) is 10.7. The minimum Gasteiger partial charge on any atom is -0.331 e. The summed E-state index contributed by atoms with van der Waals surface area (Å²) >= 11 is 0. The minimum atomic E-state index is -0.0426. The second kappa shape index (κ2) is 7.68. The Hall–Kier alpha value is -2.75. The predicted molar refractivity (Wildman–Crippen MR) is 95.6 cm³/mol. The van der Waals surface area contributed by atoms with E-state index in [0.717, 1.165) is 29.4 Å². The fourth-order valence-electron chi connectivity index (χ4n) is 2.64. The van der Waals surface area contributed by atoms with E-state index in [2.05, 4.69) is 23.0 Å². The first-order valence-corrected chi connectivity index (χ1v) is 8.33. The van der Waals surface area contributed by atoms with Gasteiger partial charge in [-0.2, -0.15) is 0 Å². The number of fused-ring (bicyclic) bond motifs is 1. The second-order valence-electron chi connectivity index (χ2n) is 5.79. The Labute approximate surface area is 142 Å². The third-order valence-corrected chi connectivity index (χ3v) is 3.96. The monoisotopic (exact) mass is 319 g/mol. The van der Waals surface area contributed by atoms with Crippen LogP contribution in [0.2, 0.25) is 0 Å². The lowest BCUT2D eigenvalue weighted by Crippen LogP contribution is -2.32. The van der Waals surface area contributed by atoms with Crippen LogP contribution in [0, 0.1) is 0 Å². The van der Waals surface area contributed by atoms with Gasteiger partial charge in [-0.05, 0) is 30.7 Å². The standard InChI is InChI=1S/C20H21N3O/c1-2-3-14-23(20(24)19-10-6-7-13-21-19)15-17-12-11-16-8-4-5-9-18(16)22-17/h4-13H,2-3,14-15H2,1H3. The Bertz CT molecular complexity index is 817. The largest absolute Gasteiger partial charge is 0.331 e. The molecule has 0 aliphatic carbocycles. The van der Waals surface area contributed by atoms with Gasteiger partial charge < -0.3 is 4.90 Å². The number of hydrogen-bond acceptors (Lipinski definition) is 3. The summed E-state index contributed by atoms with van der Waals surface area (Å²) in [5.74, 6) is -0.0426. The molecule has 4 nitrogen and oxygen atoms in total. The number of unbranched alkanes of at least 4 members (excludes halogenated alkanes) is 1. The Balaban J connectivity index is 1.83. The molecule has 0 saturated heterocycles. The second-order valence-corrected chi connectivity index (χ2v) is 5.79. The average Bonchev–Trinajstić information content (AvgIpc) is 2.65. The number of hydrogen-bond donors (Lipinski definition) is 0. The van der Waals surface area contributed by atoms with Crippen LogP contribution in [0.5, 0.6) is 0 Å². The molecule has 0 fully saturated rings. The number of pyridine rings is 2. The van der Waals surface area contributed by atoms with Crippen molar-refractivity contribution in [2.24, 2.45) is 0 Å². The zero-order valence-corrected chi connectivity index (χ0v) is 13.9. The van der Waals surface area contributed by atoms with E-state index >= 15 is 0 Å². The van der Waals surface area contributed by atoms with E-state index in [4.69, 9.17) is 0 Å². The van der Waals surface area contributed by atoms with Crippen LogP contribution in [0.15, 0.2) is 60.8 Å². The topological polar surface area (TPSA) is 46.1 Å². The van der Waals surface area contributed by atoms with Gasteiger partial charge in [0.1, 0.15) is 5.69 Å². The summed E-state index contributed by atoms with van der Waals surface area (Å²) in [4.78, 5) is 23.5. The van der Waals surface area contributed by atoms with Gasteiger partial charge in [0.05, 0.1) is 17.8 Å². The van der Waals surface area contributed by atoms with Crippen LogP contribution in [-0.4, -0.2) is 27.3 Å². The fraction of sp³-hybridized carbons (Fsp3) is 0.250. The third-order valence-electron chi connectivity index (χ3n) is 3.96. The predicted octanol–water partition coefficient (Wildman–Crippen LogP) is 4.07. The highest BCUT2D eigenvalue weighted by atomic mass is 16.2. The van der Waals surface area contributed by atoms with Crippen molar-refractivity contribution in [3.05, 3.63) is 72.2 Å². The lowest BCUT2D eigenvalue weighted by Gasteiger charge is -2.22. The molecule has 0 unspecified atom stereocenters. The Morgan fingerprint density at radius 2 is 1.88 bits per heavy atom. The van der Waals surface area contributed by atoms with Gasteiger partial charge in [-0.15, -0.1) is 0 Å². The lowest BCUT2D eigenvalue weighted by atomic mass is 10.2. The summed E-state index contributed by atoms with van der Waals surface area (Å²) in [5.41, 5.74) is 2.33. The van der Waals surface area contributed by atoms with Crippen molar-refractivity contribution >= 4 is 16.8 Å². The molecule has 0 aliphatic rings. The number of carbonyl (C=O) groups is 1. The maximum absolute atomic E-state index is 12.8. The maximum atomic E-state index is 12.8.